The maximum Gasteiger partial charge on any atom is 0.235 e. The first kappa shape index (κ1) is 13.0. The Morgan fingerprint density at radius 1 is 1.28 bits per heavy atom. The fourth-order valence-corrected chi connectivity index (χ4v) is 3.20. The molecule has 0 spiro atoms. The smallest absolute Gasteiger partial charge is 0.224 e. The number of benzene rings is 1. The van der Waals surface area contributed by atoms with Gasteiger partial charge in [0.05, 0.1) is 10.4 Å². The predicted octanol–water partition coefficient (Wildman–Crippen LogP) is 2.20. The minimum absolute atomic E-state index is 0.271. The summed E-state index contributed by atoms with van der Waals surface area (Å²) in [6.07, 6.45) is 6.34. The summed E-state index contributed by atoms with van der Waals surface area (Å²) >= 11 is 0. The first-order valence-electron chi connectivity index (χ1n) is 5.88. The van der Waals surface area contributed by atoms with Crippen LogP contribution >= 0.6 is 0 Å². The first-order valence-corrected chi connectivity index (χ1v) is 7.77. The fourth-order valence-electron chi connectivity index (χ4n) is 2.53. The molecular formula is C13H15NO3S. The van der Waals surface area contributed by atoms with Gasteiger partial charge in [0.1, 0.15) is 0 Å². The molecule has 0 bridgehead atoms. The van der Waals surface area contributed by atoms with Gasteiger partial charge < -0.3 is 0 Å². The summed E-state index contributed by atoms with van der Waals surface area (Å²) in [5.74, 6) is 0. The topological polar surface area (TPSA) is 63.6 Å². The maximum absolute atomic E-state index is 11.6. The van der Waals surface area contributed by atoms with Crippen LogP contribution in [0, 0.1) is 0 Å². The second kappa shape index (κ2) is 4.67. The summed E-state index contributed by atoms with van der Waals surface area (Å²) in [6, 6.07) is 6.72. The van der Waals surface area contributed by atoms with Gasteiger partial charge in [0.15, 0.2) is 9.84 Å². The number of hydrogen-bond acceptors (Lipinski definition) is 4. The summed E-state index contributed by atoms with van der Waals surface area (Å²) in [7, 11) is -3.24. The Morgan fingerprint density at radius 3 is 2.50 bits per heavy atom. The van der Waals surface area contributed by atoms with Crippen LogP contribution < -0.4 is 0 Å². The van der Waals surface area contributed by atoms with E-state index in [9.17, 15) is 13.2 Å². The molecule has 0 N–H and O–H groups in total. The molecule has 0 aliphatic heterocycles. The lowest BCUT2D eigenvalue weighted by atomic mass is 9.89. The third kappa shape index (κ3) is 2.37. The Hall–Kier alpha value is -1.45. The van der Waals surface area contributed by atoms with E-state index in [0.717, 1.165) is 31.2 Å². The highest BCUT2D eigenvalue weighted by atomic mass is 32.2. The van der Waals surface area contributed by atoms with Crippen LogP contribution in [-0.4, -0.2) is 20.8 Å². The van der Waals surface area contributed by atoms with Crippen molar-refractivity contribution >= 4 is 15.9 Å². The van der Waals surface area contributed by atoms with Crippen molar-refractivity contribution in [2.45, 2.75) is 36.1 Å². The highest BCUT2D eigenvalue weighted by molar-refractivity contribution is 7.90. The largest absolute Gasteiger partial charge is 0.235 e. The molecule has 2 rings (SSSR count). The van der Waals surface area contributed by atoms with Gasteiger partial charge in [0.25, 0.3) is 0 Å². The van der Waals surface area contributed by atoms with Gasteiger partial charge in [-0.1, -0.05) is 25.0 Å². The van der Waals surface area contributed by atoms with Crippen LogP contribution in [0.15, 0.2) is 34.2 Å². The number of aliphatic imine (C=N–C) groups is 1. The summed E-state index contributed by atoms with van der Waals surface area (Å²) in [5, 5.41) is 0. The summed E-state index contributed by atoms with van der Waals surface area (Å²) in [5.41, 5.74) is 0.230. The molecule has 1 aromatic carbocycles. The van der Waals surface area contributed by atoms with Crippen LogP contribution in [0.1, 0.15) is 31.2 Å². The molecule has 0 unspecified atom stereocenters. The summed E-state index contributed by atoms with van der Waals surface area (Å²) in [6.45, 7) is 0. The van der Waals surface area contributed by atoms with Crippen molar-refractivity contribution in [3.8, 4) is 0 Å². The van der Waals surface area contributed by atoms with Crippen molar-refractivity contribution in [3.63, 3.8) is 0 Å². The maximum atomic E-state index is 11.6. The van der Waals surface area contributed by atoms with E-state index in [2.05, 4.69) is 4.99 Å². The molecular weight excluding hydrogens is 250 g/mol. The molecule has 1 aliphatic carbocycles. The summed E-state index contributed by atoms with van der Waals surface area (Å²) < 4.78 is 23.1. The van der Waals surface area contributed by atoms with Crippen molar-refractivity contribution in [1.82, 2.24) is 0 Å². The Balaban J connectivity index is 2.53. The zero-order chi connectivity index (χ0) is 13.2. The minimum atomic E-state index is -3.24. The van der Waals surface area contributed by atoms with Crippen molar-refractivity contribution in [2.75, 3.05) is 6.26 Å². The first-order chi connectivity index (χ1) is 8.48. The highest BCUT2D eigenvalue weighted by Gasteiger charge is 2.36. The Bertz CT molecular complexity index is 594. The fraction of sp³-hybridized carbons (Fsp3) is 0.462. The normalized spacial score (nSPS) is 18.3. The van der Waals surface area contributed by atoms with Crippen LogP contribution in [-0.2, 0) is 20.2 Å². The Morgan fingerprint density at radius 2 is 1.94 bits per heavy atom. The summed E-state index contributed by atoms with van der Waals surface area (Å²) in [4.78, 5) is 14.8. The average molecular weight is 265 g/mol. The van der Waals surface area contributed by atoms with Crippen molar-refractivity contribution in [3.05, 3.63) is 29.8 Å². The molecule has 1 aliphatic rings. The second-order valence-electron chi connectivity index (χ2n) is 4.74. The zero-order valence-corrected chi connectivity index (χ0v) is 11.0. The molecule has 5 heteroatoms. The molecule has 18 heavy (non-hydrogen) atoms. The minimum Gasteiger partial charge on any atom is -0.224 e. The van der Waals surface area contributed by atoms with E-state index in [1.165, 1.54) is 6.26 Å². The molecule has 96 valence electrons. The van der Waals surface area contributed by atoms with E-state index in [4.69, 9.17) is 0 Å². The van der Waals surface area contributed by atoms with Gasteiger partial charge in [-0.15, -0.1) is 0 Å². The Labute approximate surface area is 107 Å². The van der Waals surface area contributed by atoms with Gasteiger partial charge in [0.2, 0.25) is 6.08 Å². The van der Waals surface area contributed by atoms with E-state index in [1.807, 2.05) is 6.07 Å². The molecule has 0 amide bonds. The van der Waals surface area contributed by atoms with Crippen molar-refractivity contribution in [1.29, 1.82) is 0 Å². The molecule has 0 radical (unpaired) electrons. The van der Waals surface area contributed by atoms with Gasteiger partial charge in [-0.3, -0.25) is 0 Å². The van der Waals surface area contributed by atoms with E-state index in [0.29, 0.717) is 0 Å². The standard InChI is InChI=1S/C13H15NO3S/c1-18(16,17)12-6-4-5-11(9-12)13(14-10-15)7-2-3-8-13/h4-6,9H,2-3,7-8H2,1H3. The molecule has 1 saturated carbocycles. The third-order valence-corrected chi connectivity index (χ3v) is 4.60. The lowest BCUT2D eigenvalue weighted by Crippen LogP contribution is -2.19. The van der Waals surface area contributed by atoms with Crippen molar-refractivity contribution < 1.29 is 13.2 Å². The quantitative estimate of drug-likeness (QED) is 0.621. The number of nitrogens with zero attached hydrogens (tertiary/aromatic N) is 1. The molecule has 0 saturated heterocycles. The van der Waals surface area contributed by atoms with Gasteiger partial charge in [-0.05, 0) is 30.5 Å². The lowest BCUT2D eigenvalue weighted by molar-refractivity contribution is 0.455. The molecule has 1 fully saturated rings. The number of isocyanates is 1. The second-order valence-corrected chi connectivity index (χ2v) is 6.76. The van der Waals surface area contributed by atoms with Crippen LogP contribution in [0.25, 0.3) is 0 Å². The van der Waals surface area contributed by atoms with E-state index < -0.39 is 15.4 Å². The molecule has 0 atom stereocenters. The van der Waals surface area contributed by atoms with Gasteiger partial charge >= 0.3 is 0 Å². The molecule has 4 nitrogen and oxygen atoms in total. The van der Waals surface area contributed by atoms with Crippen molar-refractivity contribution in [2.24, 2.45) is 4.99 Å². The third-order valence-electron chi connectivity index (χ3n) is 3.49. The molecule has 0 heterocycles. The number of sulfone groups is 1. The van der Waals surface area contributed by atoms with Crippen LogP contribution in [0.5, 0.6) is 0 Å². The van der Waals surface area contributed by atoms with Crippen LogP contribution in [0.3, 0.4) is 0 Å². The number of carbonyl (C=O) groups excluding carboxylic acids is 1. The van der Waals surface area contributed by atoms with E-state index in [1.54, 1.807) is 24.3 Å². The van der Waals surface area contributed by atoms with Gasteiger partial charge in [-0.2, -0.15) is 4.99 Å². The monoisotopic (exact) mass is 265 g/mol. The Kier molecular flexibility index (Phi) is 3.37. The molecule has 0 aromatic heterocycles. The zero-order valence-electron chi connectivity index (χ0n) is 10.2. The SMILES string of the molecule is CS(=O)(=O)c1cccc(C2(N=C=O)CCCC2)c1. The van der Waals surface area contributed by atoms with Crippen LogP contribution in [0.4, 0.5) is 0 Å². The van der Waals surface area contributed by atoms with Gasteiger partial charge in [0, 0.05) is 6.26 Å². The lowest BCUT2D eigenvalue weighted by Gasteiger charge is -2.23. The molecule has 1 aromatic rings. The average Bonchev–Trinajstić information content (AvgIpc) is 2.79. The van der Waals surface area contributed by atoms with E-state index >= 15 is 0 Å². The van der Waals surface area contributed by atoms with Gasteiger partial charge in [-0.25, -0.2) is 13.2 Å². The predicted molar refractivity (Wildman–Crippen MR) is 67.8 cm³/mol. The van der Waals surface area contributed by atoms with E-state index in [-0.39, 0.29) is 4.90 Å². The number of rotatable bonds is 3. The highest BCUT2D eigenvalue weighted by Crippen LogP contribution is 2.42. The van der Waals surface area contributed by atoms with Crippen LogP contribution in [0.2, 0.25) is 0 Å². The number of hydrogen-bond donors (Lipinski definition) is 0.